The minimum atomic E-state index is 0.512. The molecule has 0 saturated heterocycles. The fourth-order valence-corrected chi connectivity index (χ4v) is 2.53. The molecule has 0 amide bonds. The Morgan fingerprint density at radius 3 is 3.06 bits per heavy atom. The van der Waals surface area contributed by atoms with Gasteiger partial charge in [0.05, 0.1) is 11.2 Å². The monoisotopic (exact) mass is 259 g/mol. The van der Waals surface area contributed by atoms with Gasteiger partial charge in [-0.2, -0.15) is 0 Å². The first-order valence-electron chi connectivity index (χ1n) is 5.69. The van der Waals surface area contributed by atoms with E-state index in [-0.39, 0.29) is 0 Å². The average molecular weight is 259 g/mol. The molecule has 92 valence electrons. The molecule has 0 unspecified atom stereocenters. The lowest BCUT2D eigenvalue weighted by Gasteiger charge is -2.04. The number of hydrogen-bond donors (Lipinski definition) is 1. The van der Waals surface area contributed by atoms with Crippen LogP contribution in [-0.4, -0.2) is 19.5 Å². The van der Waals surface area contributed by atoms with Crippen molar-refractivity contribution in [3.05, 3.63) is 34.4 Å². The number of fused-ring (bicyclic) bond motifs is 1. The number of nitrogen functional groups attached to an aromatic ring is 1. The zero-order valence-corrected chi connectivity index (χ0v) is 10.8. The van der Waals surface area contributed by atoms with Gasteiger partial charge in [-0.25, -0.2) is 15.0 Å². The van der Waals surface area contributed by atoms with Crippen molar-refractivity contribution < 1.29 is 0 Å². The molecule has 0 saturated carbocycles. The summed E-state index contributed by atoms with van der Waals surface area (Å²) in [6.07, 6.45) is 2.68. The fraction of sp³-hybridized carbons (Fsp3) is 0.250. The number of pyridine rings is 1. The predicted molar refractivity (Wildman–Crippen MR) is 72.5 cm³/mol. The number of rotatable bonds is 3. The lowest BCUT2D eigenvalue weighted by Crippen LogP contribution is -2.06. The van der Waals surface area contributed by atoms with Crippen LogP contribution in [0.2, 0.25) is 0 Å². The summed E-state index contributed by atoms with van der Waals surface area (Å²) in [5, 5.41) is 2.05. The third kappa shape index (κ3) is 1.95. The molecular formula is C12H13N5S. The third-order valence-electron chi connectivity index (χ3n) is 2.83. The van der Waals surface area contributed by atoms with Crippen molar-refractivity contribution >= 4 is 28.4 Å². The Morgan fingerprint density at radius 2 is 2.28 bits per heavy atom. The molecule has 0 aromatic carbocycles. The largest absolute Gasteiger partial charge is 0.369 e. The van der Waals surface area contributed by atoms with Gasteiger partial charge in [0.1, 0.15) is 5.52 Å². The van der Waals surface area contributed by atoms with Crippen LogP contribution < -0.4 is 5.73 Å². The second-order valence-electron chi connectivity index (χ2n) is 4.21. The van der Waals surface area contributed by atoms with Gasteiger partial charge in [0.2, 0.25) is 5.95 Å². The van der Waals surface area contributed by atoms with Gasteiger partial charge in [-0.15, -0.1) is 11.3 Å². The van der Waals surface area contributed by atoms with Crippen LogP contribution in [0.15, 0.2) is 23.2 Å². The van der Waals surface area contributed by atoms with E-state index in [9.17, 15) is 0 Å². The van der Waals surface area contributed by atoms with Crippen molar-refractivity contribution in [2.24, 2.45) is 0 Å². The molecule has 6 heteroatoms. The highest BCUT2D eigenvalue weighted by Gasteiger charge is 2.09. The lowest BCUT2D eigenvalue weighted by atomic mass is 10.3. The van der Waals surface area contributed by atoms with E-state index in [1.807, 2.05) is 34.6 Å². The summed E-state index contributed by atoms with van der Waals surface area (Å²) in [5.74, 6) is 0.512. The number of aryl methyl sites for hydroxylation is 3. The van der Waals surface area contributed by atoms with Crippen molar-refractivity contribution in [1.82, 2.24) is 19.5 Å². The van der Waals surface area contributed by atoms with Crippen LogP contribution in [0.5, 0.6) is 0 Å². The van der Waals surface area contributed by atoms with E-state index in [0.717, 1.165) is 35.4 Å². The highest BCUT2D eigenvalue weighted by molar-refractivity contribution is 7.07. The number of nitrogens with two attached hydrogens (primary N) is 1. The van der Waals surface area contributed by atoms with Crippen LogP contribution in [0, 0.1) is 6.92 Å². The summed E-state index contributed by atoms with van der Waals surface area (Å²) in [6, 6.07) is 2.00. The number of hydrogen-bond acceptors (Lipinski definition) is 5. The number of thiazole rings is 1. The van der Waals surface area contributed by atoms with Crippen LogP contribution in [0.25, 0.3) is 11.2 Å². The molecule has 0 atom stereocenters. The normalized spacial score (nSPS) is 11.2. The maximum absolute atomic E-state index is 5.94. The molecule has 0 aliphatic heterocycles. The number of nitrogens with zero attached hydrogens (tertiary/aromatic N) is 4. The van der Waals surface area contributed by atoms with Crippen LogP contribution in [0.4, 0.5) is 5.95 Å². The molecule has 0 bridgehead atoms. The summed E-state index contributed by atoms with van der Waals surface area (Å²) >= 11 is 1.60. The summed E-state index contributed by atoms with van der Waals surface area (Å²) in [6.45, 7) is 2.75. The quantitative estimate of drug-likeness (QED) is 0.781. The second kappa shape index (κ2) is 4.38. The van der Waals surface area contributed by atoms with Gasteiger partial charge < -0.3 is 5.73 Å². The van der Waals surface area contributed by atoms with E-state index in [1.165, 1.54) is 0 Å². The first-order chi connectivity index (χ1) is 8.74. The van der Waals surface area contributed by atoms with E-state index < -0.39 is 0 Å². The second-order valence-corrected chi connectivity index (χ2v) is 4.93. The van der Waals surface area contributed by atoms with E-state index in [2.05, 4.69) is 15.0 Å². The Labute approximate surface area is 108 Å². The highest BCUT2D eigenvalue weighted by Crippen LogP contribution is 2.17. The Morgan fingerprint density at radius 1 is 1.39 bits per heavy atom. The van der Waals surface area contributed by atoms with Crippen molar-refractivity contribution in [2.75, 3.05) is 5.73 Å². The van der Waals surface area contributed by atoms with Crippen LogP contribution >= 0.6 is 11.3 Å². The number of aromatic nitrogens is 4. The van der Waals surface area contributed by atoms with Crippen molar-refractivity contribution in [3.63, 3.8) is 0 Å². The van der Waals surface area contributed by atoms with Crippen molar-refractivity contribution in [2.45, 2.75) is 19.9 Å². The molecule has 0 spiro atoms. The van der Waals surface area contributed by atoms with Gasteiger partial charge in [0, 0.05) is 24.5 Å². The van der Waals surface area contributed by atoms with Crippen molar-refractivity contribution in [3.8, 4) is 0 Å². The first kappa shape index (κ1) is 11.2. The Hall–Kier alpha value is -1.95. The van der Waals surface area contributed by atoms with E-state index >= 15 is 0 Å². The standard InChI is InChI=1S/C12H13N5S/c1-8-4-10-11(14-5-8)17(12(13)16-10)3-2-9-6-18-7-15-9/h4-7H,2-3H2,1H3,(H2,13,16). The Bertz CT molecular complexity index is 671. The Kier molecular flexibility index (Phi) is 2.71. The zero-order chi connectivity index (χ0) is 12.5. The molecule has 0 aliphatic carbocycles. The molecule has 3 rings (SSSR count). The third-order valence-corrected chi connectivity index (χ3v) is 3.46. The molecular weight excluding hydrogens is 246 g/mol. The maximum Gasteiger partial charge on any atom is 0.202 e. The van der Waals surface area contributed by atoms with E-state index in [1.54, 1.807) is 11.3 Å². The van der Waals surface area contributed by atoms with Gasteiger partial charge in [-0.3, -0.25) is 4.57 Å². The molecule has 0 aliphatic rings. The summed E-state index contributed by atoms with van der Waals surface area (Å²) in [7, 11) is 0. The van der Waals surface area contributed by atoms with Gasteiger partial charge >= 0.3 is 0 Å². The smallest absolute Gasteiger partial charge is 0.202 e. The highest BCUT2D eigenvalue weighted by atomic mass is 32.1. The SMILES string of the molecule is Cc1cnc2c(c1)nc(N)n2CCc1cscn1. The summed E-state index contributed by atoms with van der Waals surface area (Å²) in [5.41, 5.74) is 11.6. The first-order valence-corrected chi connectivity index (χ1v) is 6.64. The predicted octanol–water partition coefficient (Wildman–Crippen LogP) is 2.02. The molecule has 3 aromatic rings. The molecule has 18 heavy (non-hydrogen) atoms. The molecule has 0 radical (unpaired) electrons. The molecule has 3 aromatic heterocycles. The summed E-state index contributed by atoms with van der Waals surface area (Å²) < 4.78 is 1.94. The van der Waals surface area contributed by atoms with E-state index in [0.29, 0.717) is 5.95 Å². The number of anilines is 1. The van der Waals surface area contributed by atoms with Crippen LogP contribution in [-0.2, 0) is 13.0 Å². The summed E-state index contributed by atoms with van der Waals surface area (Å²) in [4.78, 5) is 13.0. The topological polar surface area (TPSA) is 69.6 Å². The minimum Gasteiger partial charge on any atom is -0.369 e. The minimum absolute atomic E-state index is 0.512. The van der Waals surface area contributed by atoms with Gasteiger partial charge in [-0.1, -0.05) is 0 Å². The molecule has 2 N–H and O–H groups in total. The van der Waals surface area contributed by atoms with Crippen LogP contribution in [0.3, 0.4) is 0 Å². The van der Waals surface area contributed by atoms with E-state index in [4.69, 9.17) is 5.73 Å². The number of imidazole rings is 1. The zero-order valence-electron chi connectivity index (χ0n) is 10.00. The lowest BCUT2D eigenvalue weighted by molar-refractivity contribution is 0.710. The maximum atomic E-state index is 5.94. The Balaban J connectivity index is 1.93. The molecule has 5 nitrogen and oxygen atoms in total. The van der Waals surface area contributed by atoms with Gasteiger partial charge in [0.15, 0.2) is 5.65 Å². The van der Waals surface area contributed by atoms with Gasteiger partial charge in [0.25, 0.3) is 0 Å². The fourth-order valence-electron chi connectivity index (χ4n) is 1.94. The van der Waals surface area contributed by atoms with Crippen LogP contribution in [0.1, 0.15) is 11.3 Å². The van der Waals surface area contributed by atoms with Crippen molar-refractivity contribution in [1.29, 1.82) is 0 Å². The average Bonchev–Trinajstić information content (AvgIpc) is 2.93. The molecule has 3 heterocycles. The molecule has 0 fully saturated rings. The van der Waals surface area contributed by atoms with Gasteiger partial charge in [-0.05, 0) is 18.6 Å².